The van der Waals surface area contributed by atoms with Gasteiger partial charge in [-0.1, -0.05) is 18.0 Å². The van der Waals surface area contributed by atoms with Crippen LogP contribution in [0, 0.1) is 13.8 Å². The van der Waals surface area contributed by atoms with Crippen LogP contribution in [0.15, 0.2) is 10.9 Å². The number of aromatic nitrogens is 4. The normalized spacial score (nSPS) is 19.2. The topological polar surface area (TPSA) is 77.0 Å². The second kappa shape index (κ2) is 5.90. The van der Waals surface area contributed by atoms with Gasteiger partial charge in [-0.2, -0.15) is 10.1 Å². The van der Waals surface area contributed by atoms with E-state index in [9.17, 15) is 4.79 Å². The lowest BCUT2D eigenvalue weighted by Gasteiger charge is -2.28. The van der Waals surface area contributed by atoms with Crippen molar-refractivity contribution in [3.05, 3.63) is 29.2 Å². The van der Waals surface area contributed by atoms with E-state index in [1.807, 2.05) is 25.8 Å². The van der Waals surface area contributed by atoms with Gasteiger partial charge in [0.1, 0.15) is 0 Å². The maximum absolute atomic E-state index is 13.1. The SMILES string of the molecule is Cc1nn(C)c(C)c1C(=O)N1CCCCC[C@H]1c1ncon1. The number of rotatable bonds is 2. The Morgan fingerprint density at radius 2 is 2.14 bits per heavy atom. The maximum atomic E-state index is 13.1. The van der Waals surface area contributed by atoms with Crippen molar-refractivity contribution in [2.75, 3.05) is 6.54 Å². The molecule has 1 fully saturated rings. The summed E-state index contributed by atoms with van der Waals surface area (Å²) >= 11 is 0. The van der Waals surface area contributed by atoms with Gasteiger partial charge in [-0.3, -0.25) is 9.48 Å². The van der Waals surface area contributed by atoms with Gasteiger partial charge in [0.2, 0.25) is 6.39 Å². The first kappa shape index (κ1) is 14.7. The molecular formula is C15H21N5O2. The van der Waals surface area contributed by atoms with Gasteiger partial charge in [0, 0.05) is 19.3 Å². The molecule has 1 aliphatic rings. The van der Waals surface area contributed by atoms with Crippen LogP contribution in [0.2, 0.25) is 0 Å². The van der Waals surface area contributed by atoms with E-state index in [1.54, 1.807) is 4.68 Å². The van der Waals surface area contributed by atoms with Crippen LogP contribution >= 0.6 is 0 Å². The van der Waals surface area contributed by atoms with E-state index >= 15 is 0 Å². The standard InChI is InChI=1S/C15H21N5O2/c1-10-13(11(2)19(3)17-10)15(21)20-8-6-4-5-7-12(20)14-16-9-22-18-14/h9,12H,4-8H2,1-3H3/t12-/m0/s1. The summed E-state index contributed by atoms with van der Waals surface area (Å²) in [5.41, 5.74) is 2.35. The highest BCUT2D eigenvalue weighted by molar-refractivity contribution is 5.96. The van der Waals surface area contributed by atoms with Gasteiger partial charge < -0.3 is 9.42 Å². The van der Waals surface area contributed by atoms with E-state index in [0.29, 0.717) is 17.9 Å². The quantitative estimate of drug-likeness (QED) is 0.849. The van der Waals surface area contributed by atoms with Gasteiger partial charge in [0.15, 0.2) is 5.82 Å². The van der Waals surface area contributed by atoms with Gasteiger partial charge in [-0.25, -0.2) is 0 Å². The number of carbonyl (C=O) groups is 1. The molecule has 0 radical (unpaired) electrons. The molecule has 0 N–H and O–H groups in total. The fourth-order valence-electron chi connectivity index (χ4n) is 3.17. The summed E-state index contributed by atoms with van der Waals surface area (Å²) in [7, 11) is 1.86. The van der Waals surface area contributed by atoms with Crippen molar-refractivity contribution in [1.82, 2.24) is 24.8 Å². The van der Waals surface area contributed by atoms with Crippen molar-refractivity contribution in [2.45, 2.75) is 45.6 Å². The van der Waals surface area contributed by atoms with Crippen molar-refractivity contribution in [2.24, 2.45) is 7.05 Å². The molecule has 2 aromatic heterocycles. The van der Waals surface area contributed by atoms with Crippen LogP contribution in [0.5, 0.6) is 0 Å². The molecule has 0 saturated carbocycles. The third-order valence-electron chi connectivity index (χ3n) is 4.41. The van der Waals surface area contributed by atoms with Crippen molar-refractivity contribution in [1.29, 1.82) is 0 Å². The minimum Gasteiger partial charge on any atom is -0.343 e. The predicted molar refractivity (Wildman–Crippen MR) is 79.2 cm³/mol. The molecular weight excluding hydrogens is 282 g/mol. The summed E-state index contributed by atoms with van der Waals surface area (Å²) in [5, 5.41) is 8.31. The van der Waals surface area contributed by atoms with Gasteiger partial charge in [0.05, 0.1) is 17.3 Å². The zero-order valence-corrected chi connectivity index (χ0v) is 13.2. The fourth-order valence-corrected chi connectivity index (χ4v) is 3.17. The summed E-state index contributed by atoms with van der Waals surface area (Å²) in [6.45, 7) is 4.52. The Bertz CT molecular complexity index is 662. The Balaban J connectivity index is 1.97. The summed E-state index contributed by atoms with van der Waals surface area (Å²) in [6.07, 6.45) is 5.36. The van der Waals surface area contributed by atoms with Crippen molar-refractivity contribution < 1.29 is 9.32 Å². The van der Waals surface area contributed by atoms with Crippen LogP contribution in [-0.2, 0) is 7.05 Å². The Kier molecular flexibility index (Phi) is 3.96. The lowest BCUT2D eigenvalue weighted by molar-refractivity contribution is 0.0668. The van der Waals surface area contributed by atoms with Crippen LogP contribution in [0.3, 0.4) is 0 Å². The van der Waals surface area contributed by atoms with Crippen LogP contribution < -0.4 is 0 Å². The molecule has 0 spiro atoms. The van der Waals surface area contributed by atoms with E-state index in [1.165, 1.54) is 6.39 Å². The molecule has 1 atom stereocenters. The molecule has 7 heteroatoms. The molecule has 3 rings (SSSR count). The summed E-state index contributed by atoms with van der Waals surface area (Å²) in [4.78, 5) is 19.1. The van der Waals surface area contributed by atoms with E-state index in [2.05, 4.69) is 15.2 Å². The Hall–Kier alpha value is -2.18. The first-order valence-corrected chi connectivity index (χ1v) is 7.67. The number of carbonyl (C=O) groups excluding carboxylic acids is 1. The lowest BCUT2D eigenvalue weighted by atomic mass is 10.1. The minimum absolute atomic E-state index is 0.0137. The number of likely N-dealkylation sites (tertiary alicyclic amines) is 1. The Morgan fingerprint density at radius 3 is 2.77 bits per heavy atom. The molecule has 1 amide bonds. The highest BCUT2D eigenvalue weighted by Crippen LogP contribution is 2.30. The third kappa shape index (κ3) is 2.51. The number of hydrogen-bond donors (Lipinski definition) is 0. The molecule has 0 unspecified atom stereocenters. The minimum atomic E-state index is -0.118. The number of nitrogens with zero attached hydrogens (tertiary/aromatic N) is 5. The molecule has 118 valence electrons. The first-order valence-electron chi connectivity index (χ1n) is 7.67. The summed E-state index contributed by atoms with van der Waals surface area (Å²) in [5.74, 6) is 0.606. The van der Waals surface area contributed by atoms with Gasteiger partial charge in [-0.05, 0) is 26.7 Å². The predicted octanol–water partition coefficient (Wildman–Crippen LogP) is 2.18. The monoisotopic (exact) mass is 303 g/mol. The lowest BCUT2D eigenvalue weighted by Crippen LogP contribution is -2.36. The highest BCUT2D eigenvalue weighted by Gasteiger charge is 2.32. The average Bonchev–Trinajstić information content (AvgIpc) is 3.01. The van der Waals surface area contributed by atoms with Crippen LogP contribution in [0.25, 0.3) is 0 Å². The van der Waals surface area contributed by atoms with Gasteiger partial charge in [-0.15, -0.1) is 0 Å². The zero-order valence-electron chi connectivity index (χ0n) is 13.2. The largest absolute Gasteiger partial charge is 0.343 e. The number of hydrogen-bond acceptors (Lipinski definition) is 5. The molecule has 1 aliphatic heterocycles. The Labute approximate surface area is 129 Å². The van der Waals surface area contributed by atoms with Crippen LogP contribution in [0.1, 0.15) is 59.3 Å². The average molecular weight is 303 g/mol. The molecule has 22 heavy (non-hydrogen) atoms. The second-order valence-electron chi connectivity index (χ2n) is 5.82. The molecule has 3 heterocycles. The maximum Gasteiger partial charge on any atom is 0.258 e. The molecule has 0 bridgehead atoms. The smallest absolute Gasteiger partial charge is 0.258 e. The molecule has 2 aromatic rings. The van der Waals surface area contributed by atoms with Gasteiger partial charge in [0.25, 0.3) is 5.91 Å². The van der Waals surface area contributed by atoms with Crippen LogP contribution in [0.4, 0.5) is 0 Å². The van der Waals surface area contributed by atoms with Crippen LogP contribution in [-0.4, -0.2) is 37.3 Å². The highest BCUT2D eigenvalue weighted by atomic mass is 16.5. The van der Waals surface area contributed by atoms with Gasteiger partial charge >= 0.3 is 0 Å². The van der Waals surface area contributed by atoms with Crippen molar-refractivity contribution >= 4 is 5.91 Å². The zero-order chi connectivity index (χ0) is 15.7. The number of amides is 1. The summed E-state index contributed by atoms with van der Waals surface area (Å²) in [6, 6.07) is -0.118. The van der Waals surface area contributed by atoms with Crippen molar-refractivity contribution in [3.8, 4) is 0 Å². The van der Waals surface area contributed by atoms with E-state index in [4.69, 9.17) is 4.52 Å². The number of aryl methyl sites for hydroxylation is 2. The third-order valence-corrected chi connectivity index (χ3v) is 4.41. The first-order chi connectivity index (χ1) is 10.6. The molecule has 0 aliphatic carbocycles. The fraction of sp³-hybridized carbons (Fsp3) is 0.600. The molecule has 0 aromatic carbocycles. The second-order valence-corrected chi connectivity index (χ2v) is 5.82. The van der Waals surface area contributed by atoms with E-state index < -0.39 is 0 Å². The molecule has 1 saturated heterocycles. The van der Waals surface area contributed by atoms with E-state index in [0.717, 1.165) is 37.1 Å². The summed E-state index contributed by atoms with van der Waals surface area (Å²) < 4.78 is 6.63. The van der Waals surface area contributed by atoms with Crippen molar-refractivity contribution in [3.63, 3.8) is 0 Å². The Morgan fingerprint density at radius 1 is 1.32 bits per heavy atom. The molecule has 7 nitrogen and oxygen atoms in total. The van der Waals surface area contributed by atoms with E-state index in [-0.39, 0.29) is 11.9 Å².